The van der Waals surface area contributed by atoms with E-state index >= 15 is 0 Å². The Bertz CT molecular complexity index is 441. The van der Waals surface area contributed by atoms with Gasteiger partial charge < -0.3 is 9.64 Å². The second kappa shape index (κ2) is 4.72. The first-order valence-corrected chi connectivity index (χ1v) is 6.70. The molecule has 0 spiro atoms. The molecule has 5 heteroatoms. The van der Waals surface area contributed by atoms with Crippen molar-refractivity contribution in [1.29, 1.82) is 0 Å². The molecule has 1 amide bonds. The molecule has 2 unspecified atom stereocenters. The standard InChI is InChI=1S/C13H19N3O2/c1-9-10(8-14-15-9)13(17)16-6-7-18-12-5-3-2-4-11(12)16/h8,11-12H,2-7H2,1H3,(H,14,15). The van der Waals surface area contributed by atoms with Gasteiger partial charge in [-0.2, -0.15) is 5.10 Å². The van der Waals surface area contributed by atoms with Crippen LogP contribution in [0.4, 0.5) is 0 Å². The molecule has 1 N–H and O–H groups in total. The predicted molar refractivity (Wildman–Crippen MR) is 66.4 cm³/mol. The highest BCUT2D eigenvalue weighted by atomic mass is 16.5. The number of rotatable bonds is 1. The normalized spacial score (nSPS) is 27.9. The molecule has 1 aromatic rings. The zero-order valence-electron chi connectivity index (χ0n) is 10.7. The average molecular weight is 249 g/mol. The van der Waals surface area contributed by atoms with Crippen LogP contribution >= 0.6 is 0 Å². The Hall–Kier alpha value is -1.36. The van der Waals surface area contributed by atoms with E-state index < -0.39 is 0 Å². The maximum atomic E-state index is 12.5. The van der Waals surface area contributed by atoms with Crippen LogP contribution in [0.25, 0.3) is 0 Å². The first-order chi connectivity index (χ1) is 8.77. The van der Waals surface area contributed by atoms with E-state index in [1.54, 1.807) is 6.20 Å². The van der Waals surface area contributed by atoms with Crippen molar-refractivity contribution >= 4 is 5.91 Å². The molecule has 1 aromatic heterocycles. The van der Waals surface area contributed by atoms with Crippen molar-refractivity contribution < 1.29 is 9.53 Å². The van der Waals surface area contributed by atoms with Gasteiger partial charge >= 0.3 is 0 Å². The van der Waals surface area contributed by atoms with Gasteiger partial charge in [0, 0.05) is 12.2 Å². The highest BCUT2D eigenvalue weighted by Gasteiger charge is 2.37. The fourth-order valence-electron chi connectivity index (χ4n) is 3.07. The minimum atomic E-state index is 0.0986. The van der Waals surface area contributed by atoms with Crippen LogP contribution < -0.4 is 0 Å². The Morgan fingerprint density at radius 1 is 1.50 bits per heavy atom. The molecule has 18 heavy (non-hydrogen) atoms. The molecular weight excluding hydrogens is 230 g/mol. The van der Waals surface area contributed by atoms with Crippen LogP contribution in [0.3, 0.4) is 0 Å². The zero-order chi connectivity index (χ0) is 12.5. The van der Waals surface area contributed by atoms with E-state index in [-0.39, 0.29) is 18.1 Å². The molecule has 3 rings (SSSR count). The molecule has 2 fully saturated rings. The number of aryl methyl sites for hydroxylation is 1. The highest BCUT2D eigenvalue weighted by Crippen LogP contribution is 2.29. The number of morpholine rings is 1. The number of carbonyl (C=O) groups excluding carboxylic acids is 1. The Labute approximate surface area is 107 Å². The number of nitrogens with zero attached hydrogens (tertiary/aromatic N) is 2. The van der Waals surface area contributed by atoms with Crippen molar-refractivity contribution in [3.8, 4) is 0 Å². The fourth-order valence-corrected chi connectivity index (χ4v) is 3.07. The number of H-pyrrole nitrogens is 1. The molecule has 0 radical (unpaired) electrons. The van der Waals surface area contributed by atoms with Crippen LogP contribution in [0.1, 0.15) is 41.7 Å². The summed E-state index contributed by atoms with van der Waals surface area (Å²) in [7, 11) is 0. The molecular formula is C13H19N3O2. The SMILES string of the molecule is Cc1[nH]ncc1C(=O)N1CCOC2CCCCC21. The third-order valence-corrected chi connectivity index (χ3v) is 4.05. The summed E-state index contributed by atoms with van der Waals surface area (Å²) in [6.07, 6.45) is 6.42. The van der Waals surface area contributed by atoms with E-state index in [0.717, 1.165) is 18.5 Å². The number of carbonyl (C=O) groups is 1. The lowest BCUT2D eigenvalue weighted by Gasteiger charge is -2.43. The van der Waals surface area contributed by atoms with E-state index in [2.05, 4.69) is 10.2 Å². The molecule has 98 valence electrons. The molecule has 1 saturated carbocycles. The Morgan fingerprint density at radius 2 is 2.33 bits per heavy atom. The van der Waals surface area contributed by atoms with Gasteiger partial charge in [0.1, 0.15) is 0 Å². The summed E-state index contributed by atoms with van der Waals surface area (Å²) in [5.41, 5.74) is 1.54. The summed E-state index contributed by atoms with van der Waals surface area (Å²) in [5.74, 6) is 0.0986. The first kappa shape index (κ1) is 11.7. The van der Waals surface area contributed by atoms with Crippen molar-refractivity contribution in [1.82, 2.24) is 15.1 Å². The van der Waals surface area contributed by atoms with Crippen molar-refractivity contribution in [2.45, 2.75) is 44.8 Å². The van der Waals surface area contributed by atoms with Gasteiger partial charge in [-0.15, -0.1) is 0 Å². The molecule has 0 aromatic carbocycles. The summed E-state index contributed by atoms with van der Waals surface area (Å²) in [6, 6.07) is 0.259. The number of aromatic amines is 1. The monoisotopic (exact) mass is 249 g/mol. The third-order valence-electron chi connectivity index (χ3n) is 4.05. The van der Waals surface area contributed by atoms with Gasteiger partial charge in [-0.1, -0.05) is 12.8 Å². The number of fused-ring (bicyclic) bond motifs is 1. The molecule has 1 aliphatic carbocycles. The van der Waals surface area contributed by atoms with E-state index in [1.165, 1.54) is 12.8 Å². The summed E-state index contributed by atoms with van der Waals surface area (Å²) in [4.78, 5) is 14.5. The minimum absolute atomic E-state index is 0.0986. The number of amides is 1. The molecule has 2 atom stereocenters. The molecule has 2 aliphatic rings. The summed E-state index contributed by atoms with van der Waals surface area (Å²) in [5, 5.41) is 6.77. The Kier molecular flexibility index (Phi) is 3.07. The third kappa shape index (κ3) is 1.92. The van der Waals surface area contributed by atoms with E-state index in [9.17, 15) is 4.79 Å². The lowest BCUT2D eigenvalue weighted by molar-refractivity contribution is -0.0753. The van der Waals surface area contributed by atoms with Gasteiger partial charge in [-0.3, -0.25) is 9.89 Å². The predicted octanol–water partition coefficient (Wildman–Crippen LogP) is 1.50. The van der Waals surface area contributed by atoms with E-state index in [1.807, 2.05) is 11.8 Å². The van der Waals surface area contributed by atoms with Crippen LogP contribution in [0.5, 0.6) is 0 Å². The lowest BCUT2D eigenvalue weighted by atomic mass is 9.90. The summed E-state index contributed by atoms with van der Waals surface area (Å²) >= 11 is 0. The molecule has 1 saturated heterocycles. The number of hydrogen-bond acceptors (Lipinski definition) is 3. The van der Waals surface area contributed by atoms with Gasteiger partial charge in [0.15, 0.2) is 0 Å². The maximum absolute atomic E-state index is 12.5. The number of ether oxygens (including phenoxy) is 1. The van der Waals surface area contributed by atoms with Crippen LogP contribution in [-0.4, -0.2) is 46.3 Å². The number of aromatic nitrogens is 2. The van der Waals surface area contributed by atoms with Crippen molar-refractivity contribution in [3.05, 3.63) is 17.5 Å². The van der Waals surface area contributed by atoms with Crippen LogP contribution in [0.15, 0.2) is 6.20 Å². The van der Waals surface area contributed by atoms with Gasteiger partial charge in [-0.25, -0.2) is 0 Å². The second-order valence-electron chi connectivity index (χ2n) is 5.17. The first-order valence-electron chi connectivity index (χ1n) is 6.70. The minimum Gasteiger partial charge on any atom is -0.374 e. The molecule has 5 nitrogen and oxygen atoms in total. The molecule has 0 bridgehead atoms. The van der Waals surface area contributed by atoms with Gasteiger partial charge in [0.25, 0.3) is 5.91 Å². The van der Waals surface area contributed by atoms with Crippen LogP contribution in [0.2, 0.25) is 0 Å². The Balaban J connectivity index is 1.82. The van der Waals surface area contributed by atoms with Crippen molar-refractivity contribution in [2.24, 2.45) is 0 Å². The van der Waals surface area contributed by atoms with Crippen LogP contribution in [0, 0.1) is 6.92 Å². The van der Waals surface area contributed by atoms with Gasteiger partial charge in [0.2, 0.25) is 0 Å². The largest absolute Gasteiger partial charge is 0.374 e. The fraction of sp³-hybridized carbons (Fsp3) is 0.692. The van der Waals surface area contributed by atoms with Gasteiger partial charge in [0.05, 0.1) is 30.5 Å². The van der Waals surface area contributed by atoms with Gasteiger partial charge in [-0.05, 0) is 19.8 Å². The lowest BCUT2D eigenvalue weighted by Crippen LogP contribution is -2.54. The van der Waals surface area contributed by atoms with Crippen molar-refractivity contribution in [2.75, 3.05) is 13.2 Å². The Morgan fingerprint density at radius 3 is 3.11 bits per heavy atom. The second-order valence-corrected chi connectivity index (χ2v) is 5.17. The molecule has 2 heterocycles. The smallest absolute Gasteiger partial charge is 0.257 e. The summed E-state index contributed by atoms with van der Waals surface area (Å²) < 4.78 is 5.79. The van der Waals surface area contributed by atoms with E-state index in [0.29, 0.717) is 18.7 Å². The molecule has 1 aliphatic heterocycles. The topological polar surface area (TPSA) is 58.2 Å². The summed E-state index contributed by atoms with van der Waals surface area (Å²) in [6.45, 7) is 3.24. The number of nitrogens with one attached hydrogen (secondary N) is 1. The number of hydrogen-bond donors (Lipinski definition) is 1. The quantitative estimate of drug-likeness (QED) is 0.820. The van der Waals surface area contributed by atoms with Crippen molar-refractivity contribution in [3.63, 3.8) is 0 Å². The zero-order valence-corrected chi connectivity index (χ0v) is 10.7. The maximum Gasteiger partial charge on any atom is 0.257 e. The van der Waals surface area contributed by atoms with Crippen LogP contribution in [-0.2, 0) is 4.74 Å². The van der Waals surface area contributed by atoms with E-state index in [4.69, 9.17) is 4.74 Å². The highest BCUT2D eigenvalue weighted by molar-refractivity contribution is 5.95. The average Bonchev–Trinajstić information content (AvgIpc) is 2.83.